The quantitative estimate of drug-likeness (QED) is 0.824. The molecule has 1 aromatic carbocycles. The molecule has 0 spiro atoms. The number of likely N-dealkylation sites (tertiary alicyclic amines) is 1. The van der Waals surface area contributed by atoms with E-state index in [9.17, 15) is 0 Å². The molecule has 1 saturated heterocycles. The highest BCUT2D eigenvalue weighted by atomic mass is 16.5. The van der Waals surface area contributed by atoms with Crippen molar-refractivity contribution < 1.29 is 4.74 Å². The van der Waals surface area contributed by atoms with E-state index < -0.39 is 0 Å². The minimum absolute atomic E-state index is 0.363. The number of methoxy groups -OCH3 is 1. The van der Waals surface area contributed by atoms with Gasteiger partial charge in [-0.25, -0.2) is 0 Å². The van der Waals surface area contributed by atoms with Crippen molar-refractivity contribution in [3.8, 4) is 0 Å². The van der Waals surface area contributed by atoms with Gasteiger partial charge >= 0.3 is 0 Å². The number of hydrogen-bond donors (Lipinski definition) is 2. The number of aryl methyl sites for hydroxylation is 1. The minimum Gasteiger partial charge on any atom is -0.397 e. The zero-order valence-corrected chi connectivity index (χ0v) is 15.5. The second kappa shape index (κ2) is 7.32. The Kier molecular flexibility index (Phi) is 5.36. The van der Waals surface area contributed by atoms with Gasteiger partial charge in [0.1, 0.15) is 0 Å². The lowest BCUT2D eigenvalue weighted by Crippen LogP contribution is -2.53. The van der Waals surface area contributed by atoms with E-state index in [-0.39, 0.29) is 0 Å². The molecule has 0 amide bonds. The second-order valence-corrected chi connectivity index (χ2v) is 7.93. The summed E-state index contributed by atoms with van der Waals surface area (Å²) in [5, 5.41) is 3.67. The molecular formula is C20H33N3O. The molecule has 1 heterocycles. The van der Waals surface area contributed by atoms with Gasteiger partial charge in [-0.1, -0.05) is 6.07 Å². The fraction of sp³-hybridized carbons (Fsp3) is 0.700. The number of nitrogen functional groups attached to an aromatic ring is 1. The Morgan fingerprint density at radius 2 is 1.83 bits per heavy atom. The van der Waals surface area contributed by atoms with Crippen molar-refractivity contribution in [1.82, 2.24) is 4.90 Å². The van der Waals surface area contributed by atoms with Crippen LogP contribution in [0.3, 0.4) is 0 Å². The average molecular weight is 332 g/mol. The van der Waals surface area contributed by atoms with Crippen molar-refractivity contribution in [2.45, 2.75) is 70.1 Å². The Bertz CT molecular complexity index is 544. The van der Waals surface area contributed by atoms with Crippen molar-refractivity contribution in [3.05, 3.63) is 23.8 Å². The maximum absolute atomic E-state index is 6.11. The number of nitrogens with two attached hydrogens (primary N) is 1. The number of nitrogens with zero attached hydrogens (tertiary/aromatic N) is 1. The van der Waals surface area contributed by atoms with Crippen molar-refractivity contribution in [2.75, 3.05) is 31.2 Å². The molecule has 0 bridgehead atoms. The van der Waals surface area contributed by atoms with Crippen LogP contribution in [0, 0.1) is 6.92 Å². The van der Waals surface area contributed by atoms with Crippen LogP contribution in [0.15, 0.2) is 18.2 Å². The third-order valence-electron chi connectivity index (χ3n) is 6.17. The van der Waals surface area contributed by atoms with Crippen molar-refractivity contribution in [1.29, 1.82) is 0 Å². The maximum Gasteiger partial charge on any atom is 0.0578 e. The Balaban J connectivity index is 1.53. The normalized spacial score (nSPS) is 29.5. The standard InChI is InChI=1S/C20H33N3O/c1-15-4-5-18(21)19(14-15)22-16-8-12-23(13-9-16)20(2)10-6-17(24-3)7-11-20/h4-5,14,16-17,22H,6-13,21H2,1-3H3. The predicted molar refractivity (Wildman–Crippen MR) is 101 cm³/mol. The second-order valence-electron chi connectivity index (χ2n) is 7.93. The number of benzene rings is 1. The van der Waals surface area contributed by atoms with E-state index in [0.29, 0.717) is 17.7 Å². The van der Waals surface area contributed by atoms with Crippen LogP contribution in [-0.4, -0.2) is 42.8 Å². The molecule has 3 rings (SSSR count). The molecule has 134 valence electrons. The summed E-state index contributed by atoms with van der Waals surface area (Å²) in [6, 6.07) is 6.77. The van der Waals surface area contributed by atoms with Crippen molar-refractivity contribution in [3.63, 3.8) is 0 Å². The van der Waals surface area contributed by atoms with Gasteiger partial charge in [0.05, 0.1) is 17.5 Å². The lowest BCUT2D eigenvalue weighted by molar-refractivity contribution is -0.0105. The highest BCUT2D eigenvalue weighted by Crippen LogP contribution is 2.36. The molecule has 2 fully saturated rings. The molecule has 0 aromatic heterocycles. The SMILES string of the molecule is COC1CCC(C)(N2CCC(Nc3cc(C)ccc3N)CC2)CC1. The fourth-order valence-corrected chi connectivity index (χ4v) is 4.34. The lowest BCUT2D eigenvalue weighted by Gasteiger charge is -2.48. The summed E-state index contributed by atoms with van der Waals surface area (Å²) in [5.74, 6) is 0. The van der Waals surface area contributed by atoms with Crippen LogP contribution >= 0.6 is 0 Å². The van der Waals surface area contributed by atoms with Crippen LogP contribution in [0.5, 0.6) is 0 Å². The summed E-state index contributed by atoms with van der Waals surface area (Å²) < 4.78 is 5.54. The van der Waals surface area contributed by atoms with E-state index >= 15 is 0 Å². The van der Waals surface area contributed by atoms with Crippen LogP contribution in [0.4, 0.5) is 11.4 Å². The fourth-order valence-electron chi connectivity index (χ4n) is 4.34. The Hall–Kier alpha value is -1.26. The summed E-state index contributed by atoms with van der Waals surface area (Å²) in [6.45, 7) is 6.92. The first kappa shape index (κ1) is 17.6. The van der Waals surface area contributed by atoms with E-state index in [2.05, 4.69) is 36.2 Å². The van der Waals surface area contributed by atoms with Gasteiger partial charge in [-0.2, -0.15) is 0 Å². The topological polar surface area (TPSA) is 50.5 Å². The van der Waals surface area contributed by atoms with Crippen molar-refractivity contribution >= 4 is 11.4 Å². The molecule has 2 aliphatic rings. The summed E-state index contributed by atoms with van der Waals surface area (Å²) in [4.78, 5) is 2.72. The summed E-state index contributed by atoms with van der Waals surface area (Å²) in [5.41, 5.74) is 9.68. The summed E-state index contributed by atoms with van der Waals surface area (Å²) in [6.07, 6.45) is 7.77. The third kappa shape index (κ3) is 3.86. The molecule has 3 N–H and O–H groups in total. The molecule has 1 aromatic rings. The number of ether oxygens (including phenoxy) is 1. The molecule has 0 atom stereocenters. The Labute approximate surface area is 146 Å². The number of piperidine rings is 1. The Morgan fingerprint density at radius 1 is 1.17 bits per heavy atom. The highest BCUT2D eigenvalue weighted by Gasteiger charge is 2.37. The lowest BCUT2D eigenvalue weighted by atomic mass is 9.79. The van der Waals surface area contributed by atoms with Gasteiger partial charge in [-0.15, -0.1) is 0 Å². The van der Waals surface area contributed by atoms with Crippen LogP contribution in [0.25, 0.3) is 0 Å². The van der Waals surface area contributed by atoms with Crippen molar-refractivity contribution in [2.24, 2.45) is 0 Å². The molecule has 1 aliphatic heterocycles. The van der Waals surface area contributed by atoms with Crippen LogP contribution in [-0.2, 0) is 4.74 Å². The average Bonchev–Trinajstić information content (AvgIpc) is 2.59. The van der Waals surface area contributed by atoms with Gasteiger partial charge < -0.3 is 15.8 Å². The van der Waals surface area contributed by atoms with Gasteiger partial charge in [-0.3, -0.25) is 4.90 Å². The van der Waals surface area contributed by atoms with E-state index in [4.69, 9.17) is 10.5 Å². The third-order valence-corrected chi connectivity index (χ3v) is 6.17. The van der Waals surface area contributed by atoms with E-state index in [0.717, 1.165) is 11.4 Å². The number of nitrogens with one attached hydrogen (secondary N) is 1. The molecule has 1 saturated carbocycles. The van der Waals surface area contributed by atoms with Crippen LogP contribution in [0.2, 0.25) is 0 Å². The smallest absolute Gasteiger partial charge is 0.0578 e. The zero-order valence-electron chi connectivity index (χ0n) is 15.5. The molecular weight excluding hydrogens is 298 g/mol. The largest absolute Gasteiger partial charge is 0.397 e. The van der Waals surface area contributed by atoms with Gasteiger partial charge in [-0.05, 0) is 70.1 Å². The van der Waals surface area contributed by atoms with E-state index in [1.165, 1.54) is 57.2 Å². The van der Waals surface area contributed by atoms with Crippen LogP contribution in [0.1, 0.15) is 51.0 Å². The summed E-state index contributed by atoms with van der Waals surface area (Å²) in [7, 11) is 1.85. The van der Waals surface area contributed by atoms with E-state index in [1.807, 2.05) is 13.2 Å². The summed E-state index contributed by atoms with van der Waals surface area (Å²) >= 11 is 0. The predicted octanol–water partition coefficient (Wildman–Crippen LogP) is 3.80. The first-order valence-electron chi connectivity index (χ1n) is 9.41. The molecule has 4 nitrogen and oxygen atoms in total. The maximum atomic E-state index is 6.11. The number of hydrogen-bond acceptors (Lipinski definition) is 4. The van der Waals surface area contributed by atoms with Gasteiger partial charge in [0.25, 0.3) is 0 Å². The molecule has 4 heteroatoms. The Morgan fingerprint density at radius 3 is 2.46 bits per heavy atom. The number of anilines is 2. The van der Waals surface area contributed by atoms with Gasteiger partial charge in [0, 0.05) is 31.8 Å². The molecule has 1 aliphatic carbocycles. The highest BCUT2D eigenvalue weighted by molar-refractivity contribution is 5.67. The van der Waals surface area contributed by atoms with Crippen LogP contribution < -0.4 is 11.1 Å². The number of rotatable bonds is 4. The zero-order chi connectivity index (χ0) is 17.2. The first-order chi connectivity index (χ1) is 11.5. The molecule has 24 heavy (non-hydrogen) atoms. The molecule has 0 unspecified atom stereocenters. The van der Waals surface area contributed by atoms with Gasteiger partial charge in [0.15, 0.2) is 0 Å². The minimum atomic E-state index is 0.363. The monoisotopic (exact) mass is 331 g/mol. The van der Waals surface area contributed by atoms with E-state index in [1.54, 1.807) is 0 Å². The molecule has 0 radical (unpaired) electrons. The first-order valence-corrected chi connectivity index (χ1v) is 9.41. The van der Waals surface area contributed by atoms with Gasteiger partial charge in [0.2, 0.25) is 0 Å².